The maximum atomic E-state index is 13.5. The highest BCUT2D eigenvalue weighted by Gasteiger charge is 2.25. The fraction of sp³-hybridized carbons (Fsp3) is 0.333. The second-order valence-electron chi connectivity index (χ2n) is 5.87. The molecule has 1 unspecified atom stereocenters. The summed E-state index contributed by atoms with van der Waals surface area (Å²) >= 11 is 0. The van der Waals surface area contributed by atoms with Crippen molar-refractivity contribution in [2.45, 2.75) is 32.4 Å². The van der Waals surface area contributed by atoms with E-state index in [4.69, 9.17) is 9.47 Å². The fourth-order valence-electron chi connectivity index (χ4n) is 2.63. The van der Waals surface area contributed by atoms with Crippen molar-refractivity contribution in [1.29, 1.82) is 0 Å². The van der Waals surface area contributed by atoms with Crippen molar-refractivity contribution in [1.82, 2.24) is 10.3 Å². The third kappa shape index (κ3) is 3.48. The molecular formula is C18H19FN2O3. The number of nitrogens with one attached hydrogen (secondary N) is 1. The van der Waals surface area contributed by atoms with E-state index in [1.807, 2.05) is 13.8 Å². The second-order valence-corrected chi connectivity index (χ2v) is 5.87. The molecule has 1 aliphatic heterocycles. The molecule has 5 nitrogen and oxygen atoms in total. The number of aromatic nitrogens is 1. The highest BCUT2D eigenvalue weighted by Crippen LogP contribution is 2.33. The Kier molecular flexibility index (Phi) is 4.64. The summed E-state index contributed by atoms with van der Waals surface area (Å²) in [7, 11) is 0. The number of fused-ring (bicyclic) bond motifs is 1. The average Bonchev–Trinajstić information content (AvgIpc) is 2.55. The molecule has 24 heavy (non-hydrogen) atoms. The van der Waals surface area contributed by atoms with Crippen molar-refractivity contribution in [2.75, 3.05) is 6.61 Å². The molecule has 1 aromatic heterocycles. The Labute approximate surface area is 139 Å². The lowest BCUT2D eigenvalue weighted by Crippen LogP contribution is -2.32. The quantitative estimate of drug-likeness (QED) is 0.935. The maximum absolute atomic E-state index is 13.5. The van der Waals surface area contributed by atoms with Crippen LogP contribution in [0.4, 0.5) is 4.39 Å². The number of benzene rings is 1. The van der Waals surface area contributed by atoms with E-state index in [0.717, 1.165) is 0 Å². The number of nitrogens with zero attached hydrogens (tertiary/aromatic N) is 1. The van der Waals surface area contributed by atoms with Gasteiger partial charge in [-0.15, -0.1) is 0 Å². The van der Waals surface area contributed by atoms with Gasteiger partial charge in [0.05, 0.1) is 18.8 Å². The van der Waals surface area contributed by atoms with Gasteiger partial charge in [0.25, 0.3) is 5.91 Å². The summed E-state index contributed by atoms with van der Waals surface area (Å²) in [5.41, 5.74) is 1.00. The third-order valence-electron chi connectivity index (χ3n) is 3.68. The van der Waals surface area contributed by atoms with Crippen LogP contribution in [0.5, 0.6) is 11.6 Å². The van der Waals surface area contributed by atoms with Gasteiger partial charge in [-0.2, -0.15) is 0 Å². The standard InChI is InChI=1S/C18H19FN2O3/c1-11(2)24-18-13(4-3-8-20-18)17(22)21-15-7-9-23-16-6-5-12(19)10-14(15)16/h3-6,8,10-11,15H,7,9H2,1-2H3,(H,21,22). The number of carbonyl (C=O) groups excluding carboxylic acids is 1. The molecule has 0 bridgehead atoms. The molecule has 0 fully saturated rings. The highest BCUT2D eigenvalue weighted by molar-refractivity contribution is 5.96. The number of ether oxygens (including phenoxy) is 2. The summed E-state index contributed by atoms with van der Waals surface area (Å²) in [6.07, 6.45) is 2.06. The molecule has 0 saturated carbocycles. The zero-order valence-electron chi connectivity index (χ0n) is 13.6. The lowest BCUT2D eigenvalue weighted by atomic mass is 10.00. The molecule has 1 aromatic carbocycles. The van der Waals surface area contributed by atoms with Crippen molar-refractivity contribution in [3.8, 4) is 11.6 Å². The molecule has 1 atom stereocenters. The monoisotopic (exact) mass is 330 g/mol. The number of rotatable bonds is 4. The van der Waals surface area contributed by atoms with Crippen LogP contribution in [0, 0.1) is 5.82 Å². The van der Waals surface area contributed by atoms with Gasteiger partial charge in [-0.1, -0.05) is 0 Å². The van der Waals surface area contributed by atoms with Crippen molar-refractivity contribution in [2.24, 2.45) is 0 Å². The first kappa shape index (κ1) is 16.2. The number of amides is 1. The largest absolute Gasteiger partial charge is 0.493 e. The van der Waals surface area contributed by atoms with E-state index in [1.54, 1.807) is 24.4 Å². The molecular weight excluding hydrogens is 311 g/mol. The Balaban J connectivity index is 1.83. The Morgan fingerprint density at radius 3 is 3.04 bits per heavy atom. The van der Waals surface area contributed by atoms with E-state index in [0.29, 0.717) is 29.9 Å². The number of hydrogen-bond donors (Lipinski definition) is 1. The number of halogens is 1. The molecule has 2 heterocycles. The van der Waals surface area contributed by atoms with Crippen LogP contribution in [0.1, 0.15) is 42.2 Å². The predicted molar refractivity (Wildman–Crippen MR) is 86.7 cm³/mol. The van der Waals surface area contributed by atoms with E-state index in [2.05, 4.69) is 10.3 Å². The normalized spacial score (nSPS) is 16.2. The fourth-order valence-corrected chi connectivity index (χ4v) is 2.63. The first-order valence-corrected chi connectivity index (χ1v) is 7.89. The van der Waals surface area contributed by atoms with Gasteiger partial charge in [0, 0.05) is 18.2 Å². The minimum atomic E-state index is -0.358. The Morgan fingerprint density at radius 2 is 2.25 bits per heavy atom. The van der Waals surface area contributed by atoms with Crippen LogP contribution < -0.4 is 14.8 Å². The van der Waals surface area contributed by atoms with E-state index in [-0.39, 0.29) is 29.8 Å². The van der Waals surface area contributed by atoms with E-state index < -0.39 is 0 Å². The van der Waals surface area contributed by atoms with Crippen LogP contribution in [-0.2, 0) is 0 Å². The SMILES string of the molecule is CC(C)Oc1ncccc1C(=O)NC1CCOc2ccc(F)cc21. The van der Waals surface area contributed by atoms with E-state index in [9.17, 15) is 9.18 Å². The summed E-state index contributed by atoms with van der Waals surface area (Å²) in [6, 6.07) is 7.35. The molecule has 0 spiro atoms. The van der Waals surface area contributed by atoms with Crippen LogP contribution in [-0.4, -0.2) is 23.6 Å². The first-order valence-electron chi connectivity index (χ1n) is 7.89. The molecule has 0 aliphatic carbocycles. The molecule has 1 N–H and O–H groups in total. The summed E-state index contributed by atoms with van der Waals surface area (Å²) in [5, 5.41) is 2.93. The molecule has 1 amide bonds. The van der Waals surface area contributed by atoms with Crippen molar-refractivity contribution < 1.29 is 18.7 Å². The summed E-state index contributed by atoms with van der Waals surface area (Å²) in [5.74, 6) is 0.221. The van der Waals surface area contributed by atoms with Crippen molar-refractivity contribution in [3.63, 3.8) is 0 Å². The molecule has 3 rings (SSSR count). The number of carbonyl (C=O) groups is 1. The number of pyridine rings is 1. The third-order valence-corrected chi connectivity index (χ3v) is 3.68. The van der Waals surface area contributed by atoms with E-state index >= 15 is 0 Å². The summed E-state index contributed by atoms with van der Waals surface area (Å²) < 4.78 is 24.6. The Morgan fingerprint density at radius 1 is 1.42 bits per heavy atom. The molecule has 126 valence electrons. The summed E-state index contributed by atoms with van der Waals surface area (Å²) in [4.78, 5) is 16.8. The van der Waals surface area contributed by atoms with Gasteiger partial charge < -0.3 is 14.8 Å². The topological polar surface area (TPSA) is 60.5 Å². The maximum Gasteiger partial charge on any atom is 0.257 e. The van der Waals surface area contributed by atoms with E-state index in [1.165, 1.54) is 12.1 Å². The molecule has 2 aromatic rings. The smallest absolute Gasteiger partial charge is 0.257 e. The second kappa shape index (κ2) is 6.86. The highest BCUT2D eigenvalue weighted by atomic mass is 19.1. The minimum Gasteiger partial charge on any atom is -0.493 e. The van der Waals surface area contributed by atoms with Gasteiger partial charge in [-0.3, -0.25) is 4.79 Å². The zero-order chi connectivity index (χ0) is 17.1. The molecule has 0 radical (unpaired) electrons. The molecule has 1 aliphatic rings. The minimum absolute atomic E-state index is 0.0932. The molecule has 6 heteroatoms. The lowest BCUT2D eigenvalue weighted by Gasteiger charge is -2.27. The van der Waals surface area contributed by atoms with Gasteiger partial charge in [0.15, 0.2) is 0 Å². The number of hydrogen-bond acceptors (Lipinski definition) is 4. The summed E-state index contributed by atoms with van der Waals surface area (Å²) in [6.45, 7) is 4.20. The van der Waals surface area contributed by atoms with Crippen molar-refractivity contribution >= 4 is 5.91 Å². The van der Waals surface area contributed by atoms with Gasteiger partial charge in [-0.25, -0.2) is 9.37 Å². The Hall–Kier alpha value is -2.63. The average molecular weight is 330 g/mol. The zero-order valence-corrected chi connectivity index (χ0v) is 13.6. The van der Waals surface area contributed by atoms with Crippen LogP contribution in [0.25, 0.3) is 0 Å². The van der Waals surface area contributed by atoms with Crippen LogP contribution in [0.2, 0.25) is 0 Å². The molecule has 0 saturated heterocycles. The van der Waals surface area contributed by atoms with Gasteiger partial charge in [0.2, 0.25) is 5.88 Å². The van der Waals surface area contributed by atoms with Crippen molar-refractivity contribution in [3.05, 3.63) is 53.5 Å². The van der Waals surface area contributed by atoms with Gasteiger partial charge >= 0.3 is 0 Å². The van der Waals surface area contributed by atoms with Gasteiger partial charge in [-0.05, 0) is 44.2 Å². The van der Waals surface area contributed by atoms with Gasteiger partial charge in [0.1, 0.15) is 17.1 Å². The van der Waals surface area contributed by atoms with Crippen LogP contribution in [0.3, 0.4) is 0 Å². The van der Waals surface area contributed by atoms with Crippen LogP contribution in [0.15, 0.2) is 36.5 Å². The Bertz CT molecular complexity index is 749. The van der Waals surface area contributed by atoms with Crippen LogP contribution >= 0.6 is 0 Å². The predicted octanol–water partition coefficient (Wildman–Crippen LogP) is 3.26. The lowest BCUT2D eigenvalue weighted by molar-refractivity contribution is 0.0917. The first-order chi connectivity index (χ1) is 11.5.